The molecule has 0 spiro atoms. The van der Waals surface area contributed by atoms with Crippen LogP contribution in [0.25, 0.3) is 6.08 Å². The fourth-order valence-corrected chi connectivity index (χ4v) is 5.42. The highest BCUT2D eigenvalue weighted by molar-refractivity contribution is 7.07. The first kappa shape index (κ1) is 27.2. The Morgan fingerprint density at radius 2 is 1.82 bits per heavy atom. The number of thiazole rings is 1. The van der Waals surface area contributed by atoms with Crippen LogP contribution < -0.4 is 29.1 Å². The van der Waals surface area contributed by atoms with Crippen LogP contribution in [0.4, 0.5) is 0 Å². The van der Waals surface area contributed by atoms with Crippen LogP contribution in [-0.4, -0.2) is 38.5 Å². The van der Waals surface area contributed by atoms with Crippen molar-refractivity contribution in [1.29, 1.82) is 0 Å². The smallest absolute Gasteiger partial charge is 0.338 e. The fourth-order valence-electron chi connectivity index (χ4n) is 4.37. The molecule has 2 heterocycles. The second kappa shape index (κ2) is 12.1. The van der Waals surface area contributed by atoms with Gasteiger partial charge in [-0.3, -0.25) is 9.36 Å². The number of aromatic nitrogens is 1. The van der Waals surface area contributed by atoms with Gasteiger partial charge in [0.25, 0.3) is 5.56 Å². The van der Waals surface area contributed by atoms with E-state index in [1.165, 1.54) is 18.4 Å². The highest BCUT2D eigenvalue weighted by atomic mass is 32.1. The van der Waals surface area contributed by atoms with Gasteiger partial charge in [-0.2, -0.15) is 0 Å². The van der Waals surface area contributed by atoms with E-state index < -0.39 is 12.0 Å². The highest BCUT2D eigenvalue weighted by Crippen LogP contribution is 2.32. The molecule has 1 aliphatic rings. The zero-order valence-corrected chi connectivity index (χ0v) is 23.1. The number of ether oxygens (including phenoxy) is 4. The average molecular weight is 537 g/mol. The number of carbonyl (C=O) groups excluding carboxylic acids is 1. The van der Waals surface area contributed by atoms with Crippen molar-refractivity contribution in [3.05, 3.63) is 84.5 Å². The number of allylic oxidation sites excluding steroid dienone is 1. The summed E-state index contributed by atoms with van der Waals surface area (Å²) in [5.41, 5.74) is 2.12. The summed E-state index contributed by atoms with van der Waals surface area (Å²) in [6.07, 6.45) is 5.01. The maximum absolute atomic E-state index is 13.7. The highest BCUT2D eigenvalue weighted by Gasteiger charge is 2.33. The van der Waals surface area contributed by atoms with E-state index in [0.29, 0.717) is 44.5 Å². The number of unbranched alkanes of at least 4 members (excludes halogenated alkanes) is 2. The molecule has 0 fully saturated rings. The lowest BCUT2D eigenvalue weighted by Crippen LogP contribution is -2.39. The quantitative estimate of drug-likeness (QED) is 0.288. The van der Waals surface area contributed by atoms with Gasteiger partial charge in [0.1, 0.15) is 5.75 Å². The van der Waals surface area contributed by atoms with E-state index in [2.05, 4.69) is 11.9 Å². The Labute approximate surface area is 225 Å². The number of benzene rings is 2. The van der Waals surface area contributed by atoms with Crippen molar-refractivity contribution in [3.8, 4) is 17.2 Å². The van der Waals surface area contributed by atoms with Crippen LogP contribution in [-0.2, 0) is 9.53 Å². The average Bonchev–Trinajstić information content (AvgIpc) is 3.24. The number of nitrogens with zero attached hydrogens (tertiary/aromatic N) is 2. The molecule has 1 unspecified atom stereocenters. The molecular formula is C29H32N2O6S. The molecular weight excluding hydrogens is 504 g/mol. The lowest BCUT2D eigenvalue weighted by atomic mass is 9.96. The molecule has 38 heavy (non-hydrogen) atoms. The maximum atomic E-state index is 13.7. The van der Waals surface area contributed by atoms with E-state index >= 15 is 0 Å². The van der Waals surface area contributed by atoms with Gasteiger partial charge in [-0.05, 0) is 54.8 Å². The predicted molar refractivity (Wildman–Crippen MR) is 147 cm³/mol. The van der Waals surface area contributed by atoms with E-state index in [1.807, 2.05) is 30.3 Å². The molecule has 1 aliphatic heterocycles. The minimum Gasteiger partial charge on any atom is -0.497 e. The van der Waals surface area contributed by atoms with Gasteiger partial charge in [-0.15, -0.1) is 0 Å². The van der Waals surface area contributed by atoms with Crippen LogP contribution in [0, 0.1) is 0 Å². The minimum atomic E-state index is -0.680. The molecule has 1 aromatic heterocycles. The van der Waals surface area contributed by atoms with Crippen molar-refractivity contribution >= 4 is 23.4 Å². The first-order valence-corrected chi connectivity index (χ1v) is 13.3. The van der Waals surface area contributed by atoms with Gasteiger partial charge >= 0.3 is 5.97 Å². The SMILES string of the molecule is CCCCCOc1ccc(/C=c2\sc3n(c2=O)C(c2ccc(OC)cc2)C(C(=O)OC)=C(C)N=3)cc1OC. The molecule has 0 radical (unpaired) electrons. The fraction of sp³-hybridized carbons (Fsp3) is 0.345. The Kier molecular flexibility index (Phi) is 8.68. The zero-order valence-electron chi connectivity index (χ0n) is 22.3. The lowest BCUT2D eigenvalue weighted by Gasteiger charge is -2.24. The van der Waals surface area contributed by atoms with Crippen molar-refractivity contribution in [2.75, 3.05) is 27.9 Å². The number of fused-ring (bicyclic) bond motifs is 1. The molecule has 0 amide bonds. The van der Waals surface area contributed by atoms with E-state index in [4.69, 9.17) is 18.9 Å². The Morgan fingerprint density at radius 3 is 2.47 bits per heavy atom. The van der Waals surface area contributed by atoms with Gasteiger partial charge in [-0.25, -0.2) is 9.79 Å². The Hall–Kier alpha value is -3.85. The molecule has 2 aromatic carbocycles. The normalized spacial score (nSPS) is 15.1. The van der Waals surface area contributed by atoms with Crippen molar-refractivity contribution in [1.82, 2.24) is 4.57 Å². The van der Waals surface area contributed by atoms with Crippen LogP contribution in [0.5, 0.6) is 17.2 Å². The summed E-state index contributed by atoms with van der Waals surface area (Å²) in [5, 5.41) is 0. The minimum absolute atomic E-state index is 0.248. The summed E-state index contributed by atoms with van der Waals surface area (Å²) in [5.74, 6) is 1.41. The molecule has 0 aliphatic carbocycles. The maximum Gasteiger partial charge on any atom is 0.338 e. The number of esters is 1. The molecule has 9 heteroatoms. The van der Waals surface area contributed by atoms with Gasteiger partial charge < -0.3 is 18.9 Å². The third-order valence-electron chi connectivity index (χ3n) is 6.35. The molecule has 8 nitrogen and oxygen atoms in total. The van der Waals surface area contributed by atoms with Crippen LogP contribution in [0.1, 0.15) is 50.3 Å². The Morgan fingerprint density at radius 1 is 1.05 bits per heavy atom. The second-order valence-corrected chi connectivity index (χ2v) is 9.82. The van der Waals surface area contributed by atoms with Crippen molar-refractivity contribution in [2.45, 2.75) is 39.2 Å². The van der Waals surface area contributed by atoms with E-state index in [9.17, 15) is 9.59 Å². The largest absolute Gasteiger partial charge is 0.497 e. The summed E-state index contributed by atoms with van der Waals surface area (Å²) in [4.78, 5) is 31.7. The molecule has 3 aromatic rings. The third-order valence-corrected chi connectivity index (χ3v) is 7.33. The first-order chi connectivity index (χ1) is 18.4. The van der Waals surface area contributed by atoms with Crippen molar-refractivity contribution in [2.24, 2.45) is 4.99 Å². The predicted octanol–water partition coefficient (Wildman–Crippen LogP) is 3.99. The standard InChI is InChI=1S/C29H32N2O6S/c1-6-7-8-15-37-22-14-9-19(16-23(22)35-4)17-24-27(32)31-26(20-10-12-21(34-3)13-11-20)25(28(33)36-5)18(2)30-29(31)38-24/h9-14,16-17,26H,6-8,15H2,1-5H3/b24-17-. The van der Waals surface area contributed by atoms with Gasteiger partial charge in [0.05, 0.1) is 49.8 Å². The van der Waals surface area contributed by atoms with Crippen LogP contribution in [0.2, 0.25) is 0 Å². The monoisotopic (exact) mass is 536 g/mol. The van der Waals surface area contributed by atoms with Gasteiger partial charge in [0, 0.05) is 0 Å². The van der Waals surface area contributed by atoms with Gasteiger partial charge in [0.2, 0.25) is 0 Å². The van der Waals surface area contributed by atoms with Crippen LogP contribution in [0.3, 0.4) is 0 Å². The Bertz CT molecular complexity index is 1520. The molecule has 1 atom stereocenters. The Balaban J connectivity index is 1.79. The lowest BCUT2D eigenvalue weighted by molar-refractivity contribution is -0.136. The molecule has 200 valence electrons. The number of rotatable bonds is 10. The van der Waals surface area contributed by atoms with Crippen LogP contribution >= 0.6 is 11.3 Å². The summed E-state index contributed by atoms with van der Waals surface area (Å²) in [6, 6.07) is 12.2. The molecule has 0 saturated heterocycles. The first-order valence-electron chi connectivity index (χ1n) is 12.5. The zero-order chi connectivity index (χ0) is 27.2. The number of hydrogen-bond donors (Lipinski definition) is 0. The van der Waals surface area contributed by atoms with E-state index in [1.54, 1.807) is 43.9 Å². The van der Waals surface area contributed by atoms with Gasteiger partial charge in [0.15, 0.2) is 16.3 Å². The van der Waals surface area contributed by atoms with E-state index in [0.717, 1.165) is 30.4 Å². The van der Waals surface area contributed by atoms with Gasteiger partial charge in [-0.1, -0.05) is 49.3 Å². The number of carbonyl (C=O) groups is 1. The molecule has 0 bridgehead atoms. The van der Waals surface area contributed by atoms with Crippen molar-refractivity contribution in [3.63, 3.8) is 0 Å². The second-order valence-electron chi connectivity index (χ2n) is 8.81. The number of hydrogen-bond acceptors (Lipinski definition) is 8. The summed E-state index contributed by atoms with van der Waals surface area (Å²) < 4.78 is 23.8. The van der Waals surface area contributed by atoms with Crippen LogP contribution in [0.15, 0.2) is 63.5 Å². The summed E-state index contributed by atoms with van der Waals surface area (Å²) in [7, 11) is 4.50. The summed E-state index contributed by atoms with van der Waals surface area (Å²) >= 11 is 1.27. The number of methoxy groups -OCH3 is 3. The van der Waals surface area contributed by atoms with E-state index in [-0.39, 0.29) is 5.56 Å². The van der Waals surface area contributed by atoms with Crippen molar-refractivity contribution < 1.29 is 23.7 Å². The molecule has 4 rings (SSSR count). The topological polar surface area (TPSA) is 88.4 Å². The molecule has 0 N–H and O–H groups in total. The third kappa shape index (κ3) is 5.52. The molecule has 0 saturated carbocycles. The summed E-state index contributed by atoms with van der Waals surface area (Å²) in [6.45, 7) is 4.52.